The summed E-state index contributed by atoms with van der Waals surface area (Å²) in [6.07, 6.45) is 3.87. The maximum atomic E-state index is 13.3. The molecule has 1 aromatic carbocycles. The molecule has 2 N–H and O–H groups in total. The van der Waals surface area contributed by atoms with Crippen molar-refractivity contribution in [1.29, 1.82) is 0 Å². The van der Waals surface area contributed by atoms with E-state index in [1.165, 1.54) is 4.57 Å². The summed E-state index contributed by atoms with van der Waals surface area (Å²) in [6.45, 7) is 4.78. The highest BCUT2D eigenvalue weighted by atomic mass is 16.3. The van der Waals surface area contributed by atoms with Crippen LogP contribution in [0.3, 0.4) is 0 Å². The van der Waals surface area contributed by atoms with Crippen molar-refractivity contribution in [2.24, 2.45) is 0 Å². The van der Waals surface area contributed by atoms with E-state index in [1.807, 2.05) is 20.8 Å². The van der Waals surface area contributed by atoms with E-state index in [4.69, 9.17) is 4.42 Å². The van der Waals surface area contributed by atoms with Gasteiger partial charge in [-0.3, -0.25) is 19.0 Å². The van der Waals surface area contributed by atoms with Crippen LogP contribution in [0.5, 0.6) is 0 Å². The SMILES string of the molecule is CC(C)(C)NC(=O)Cn1c(=O)n(CC(=O)NC2CCCC2)c(=O)c2oc3ccccc3c21. The first-order valence-corrected chi connectivity index (χ1v) is 10.9. The quantitative estimate of drug-likeness (QED) is 0.629. The fourth-order valence-electron chi connectivity index (χ4n) is 4.27. The molecule has 1 aliphatic rings. The number of hydrogen-bond donors (Lipinski definition) is 2. The number of fused-ring (bicyclic) bond motifs is 3. The number of nitrogens with one attached hydrogen (secondary N) is 2. The minimum absolute atomic E-state index is 0.0528. The predicted molar refractivity (Wildman–Crippen MR) is 121 cm³/mol. The first kappa shape index (κ1) is 21.9. The van der Waals surface area contributed by atoms with Crippen LogP contribution in [-0.2, 0) is 22.7 Å². The van der Waals surface area contributed by atoms with Crippen LogP contribution in [0, 0.1) is 0 Å². The average molecular weight is 441 g/mol. The summed E-state index contributed by atoms with van der Waals surface area (Å²) in [6, 6.07) is 7.01. The fourth-order valence-corrected chi connectivity index (χ4v) is 4.27. The molecule has 9 nitrogen and oxygen atoms in total. The molecule has 1 aliphatic carbocycles. The molecular formula is C23H28N4O5. The van der Waals surface area contributed by atoms with E-state index in [1.54, 1.807) is 24.3 Å². The van der Waals surface area contributed by atoms with Crippen molar-refractivity contribution in [3.63, 3.8) is 0 Å². The van der Waals surface area contributed by atoms with E-state index >= 15 is 0 Å². The summed E-state index contributed by atoms with van der Waals surface area (Å²) in [4.78, 5) is 51.7. The van der Waals surface area contributed by atoms with Gasteiger partial charge in [-0.15, -0.1) is 0 Å². The number of rotatable bonds is 5. The molecular weight excluding hydrogens is 412 g/mol. The zero-order valence-corrected chi connectivity index (χ0v) is 18.6. The molecule has 170 valence electrons. The van der Waals surface area contributed by atoms with Crippen LogP contribution in [0.15, 0.2) is 38.3 Å². The van der Waals surface area contributed by atoms with E-state index in [0.29, 0.717) is 11.0 Å². The van der Waals surface area contributed by atoms with Gasteiger partial charge in [-0.2, -0.15) is 0 Å². The van der Waals surface area contributed by atoms with Gasteiger partial charge in [0, 0.05) is 17.0 Å². The van der Waals surface area contributed by atoms with Crippen LogP contribution < -0.4 is 21.9 Å². The Hall–Kier alpha value is -3.36. The van der Waals surface area contributed by atoms with Crippen molar-refractivity contribution >= 4 is 33.9 Å². The number of benzene rings is 1. The van der Waals surface area contributed by atoms with Crippen molar-refractivity contribution in [2.45, 2.75) is 71.1 Å². The van der Waals surface area contributed by atoms with Crippen molar-refractivity contribution < 1.29 is 14.0 Å². The van der Waals surface area contributed by atoms with Gasteiger partial charge in [0.2, 0.25) is 17.4 Å². The van der Waals surface area contributed by atoms with Crippen LogP contribution in [-0.4, -0.2) is 32.5 Å². The van der Waals surface area contributed by atoms with E-state index in [-0.39, 0.29) is 29.6 Å². The largest absolute Gasteiger partial charge is 0.449 e. The van der Waals surface area contributed by atoms with Gasteiger partial charge in [-0.05, 0) is 45.7 Å². The number of carbonyl (C=O) groups excluding carboxylic acids is 2. The van der Waals surface area contributed by atoms with Gasteiger partial charge in [0.1, 0.15) is 24.2 Å². The average Bonchev–Trinajstić information content (AvgIpc) is 3.35. The van der Waals surface area contributed by atoms with Gasteiger partial charge >= 0.3 is 5.69 Å². The zero-order valence-electron chi connectivity index (χ0n) is 18.6. The molecule has 0 spiro atoms. The molecule has 0 bridgehead atoms. The van der Waals surface area contributed by atoms with E-state index in [0.717, 1.165) is 30.3 Å². The molecule has 2 amide bonds. The number of carbonyl (C=O) groups is 2. The minimum atomic E-state index is -0.723. The smallest absolute Gasteiger partial charge is 0.332 e. The van der Waals surface area contributed by atoms with Crippen LogP contribution in [0.1, 0.15) is 46.5 Å². The molecule has 1 saturated carbocycles. The highest BCUT2D eigenvalue weighted by Gasteiger charge is 2.24. The number of furan rings is 1. The maximum absolute atomic E-state index is 13.3. The lowest BCUT2D eigenvalue weighted by molar-refractivity contribution is -0.123. The normalized spacial score (nSPS) is 14.8. The minimum Gasteiger partial charge on any atom is -0.449 e. The summed E-state index contributed by atoms with van der Waals surface area (Å²) in [5, 5.41) is 6.28. The Balaban J connectivity index is 1.81. The van der Waals surface area contributed by atoms with Crippen molar-refractivity contribution in [3.8, 4) is 0 Å². The van der Waals surface area contributed by atoms with Crippen LogP contribution in [0.2, 0.25) is 0 Å². The summed E-state index contributed by atoms with van der Waals surface area (Å²) in [5.41, 5.74) is -1.27. The molecule has 0 unspecified atom stereocenters. The Labute approximate surface area is 184 Å². The van der Waals surface area contributed by atoms with Crippen molar-refractivity contribution in [1.82, 2.24) is 19.8 Å². The molecule has 9 heteroatoms. The molecule has 4 rings (SSSR count). The lowest BCUT2D eigenvalue weighted by Gasteiger charge is -2.21. The van der Waals surface area contributed by atoms with Gasteiger partial charge in [-0.25, -0.2) is 9.36 Å². The lowest BCUT2D eigenvalue weighted by atomic mass is 10.1. The molecule has 3 aromatic rings. The van der Waals surface area contributed by atoms with Gasteiger partial charge in [0.05, 0.1) is 0 Å². The third-order valence-electron chi connectivity index (χ3n) is 5.58. The first-order valence-electron chi connectivity index (χ1n) is 10.9. The maximum Gasteiger partial charge on any atom is 0.332 e. The van der Waals surface area contributed by atoms with Crippen molar-refractivity contribution in [3.05, 3.63) is 45.1 Å². The number of para-hydroxylation sites is 1. The third kappa shape index (κ3) is 4.32. The highest BCUT2D eigenvalue weighted by molar-refractivity contribution is 6.02. The zero-order chi connectivity index (χ0) is 23.0. The Morgan fingerprint density at radius 2 is 1.69 bits per heavy atom. The second-order valence-corrected chi connectivity index (χ2v) is 9.38. The second kappa shape index (κ2) is 8.29. The molecule has 2 aromatic heterocycles. The second-order valence-electron chi connectivity index (χ2n) is 9.38. The molecule has 0 aliphatic heterocycles. The Morgan fingerprint density at radius 1 is 1.03 bits per heavy atom. The van der Waals surface area contributed by atoms with Crippen LogP contribution >= 0.6 is 0 Å². The topological polar surface area (TPSA) is 115 Å². The van der Waals surface area contributed by atoms with Gasteiger partial charge in [0.25, 0.3) is 5.56 Å². The van der Waals surface area contributed by atoms with Gasteiger partial charge in [-0.1, -0.05) is 25.0 Å². The van der Waals surface area contributed by atoms with E-state index in [9.17, 15) is 19.2 Å². The molecule has 32 heavy (non-hydrogen) atoms. The van der Waals surface area contributed by atoms with Crippen molar-refractivity contribution in [2.75, 3.05) is 0 Å². The summed E-state index contributed by atoms with van der Waals surface area (Å²) in [7, 11) is 0. The van der Waals surface area contributed by atoms with Crippen LogP contribution in [0.4, 0.5) is 0 Å². The van der Waals surface area contributed by atoms with Gasteiger partial charge in [0.15, 0.2) is 0 Å². The Bertz CT molecular complexity index is 1300. The fraction of sp³-hybridized carbons (Fsp3) is 0.478. The Morgan fingerprint density at radius 3 is 2.38 bits per heavy atom. The number of aromatic nitrogens is 2. The van der Waals surface area contributed by atoms with E-state index in [2.05, 4.69) is 10.6 Å². The number of hydrogen-bond acceptors (Lipinski definition) is 5. The molecule has 1 fully saturated rings. The summed E-state index contributed by atoms with van der Waals surface area (Å²) >= 11 is 0. The molecule has 0 saturated heterocycles. The third-order valence-corrected chi connectivity index (χ3v) is 5.58. The molecule has 0 atom stereocenters. The number of nitrogens with zero attached hydrogens (tertiary/aromatic N) is 2. The lowest BCUT2D eigenvalue weighted by Crippen LogP contribution is -2.48. The monoisotopic (exact) mass is 440 g/mol. The van der Waals surface area contributed by atoms with E-state index < -0.39 is 29.2 Å². The molecule has 0 radical (unpaired) electrons. The Kier molecular flexibility index (Phi) is 5.66. The summed E-state index contributed by atoms with van der Waals surface area (Å²) < 4.78 is 7.82. The first-order chi connectivity index (χ1) is 15.1. The molecule has 2 heterocycles. The predicted octanol–water partition coefficient (Wildman–Crippen LogP) is 1.88. The number of amides is 2. The highest BCUT2D eigenvalue weighted by Crippen LogP contribution is 2.25. The van der Waals surface area contributed by atoms with Gasteiger partial charge < -0.3 is 15.1 Å². The van der Waals surface area contributed by atoms with Crippen LogP contribution in [0.25, 0.3) is 22.1 Å². The standard InChI is InChI=1S/C23H28N4O5/c1-23(2,3)25-18(29)13-26-19-15-10-6-7-11-16(15)32-20(19)21(30)27(22(26)31)12-17(28)24-14-8-4-5-9-14/h6-7,10-11,14H,4-5,8-9,12-13H2,1-3H3,(H,24,28)(H,25,29). The summed E-state index contributed by atoms with van der Waals surface area (Å²) in [5.74, 6) is -0.788.